The molecular weight excluding hydrogens is 341 g/mol. The van der Waals surface area contributed by atoms with E-state index in [-0.39, 0.29) is 26.2 Å². The number of rotatable bonds is 8. The molecule has 9 nitrogen and oxygen atoms in total. The van der Waals surface area contributed by atoms with Gasteiger partial charge in [0.1, 0.15) is 0 Å². The van der Waals surface area contributed by atoms with Gasteiger partial charge in [0.25, 0.3) is 0 Å². The van der Waals surface area contributed by atoms with E-state index in [1.165, 1.54) is 0 Å². The van der Waals surface area contributed by atoms with Gasteiger partial charge in [-0.15, -0.1) is 0 Å². The van der Waals surface area contributed by atoms with Gasteiger partial charge in [-0.3, -0.25) is 19.5 Å². The van der Waals surface area contributed by atoms with Crippen LogP contribution in [0.1, 0.15) is 40.5 Å². The molecule has 0 aromatic carbocycles. The molecule has 0 heterocycles. The summed E-state index contributed by atoms with van der Waals surface area (Å²) in [6.07, 6.45) is -1.96. The van der Waals surface area contributed by atoms with E-state index in [1.54, 1.807) is 27.7 Å². The van der Waals surface area contributed by atoms with Crippen LogP contribution in [-0.4, -0.2) is 53.1 Å². The summed E-state index contributed by atoms with van der Waals surface area (Å²) in [4.78, 5) is 23.5. The standard InChI is InChI=1S/C14H26NO8P/c1-5-21-13(17)14(24(20,22-6-2)23-7-3)9-11(15(18)19)10(4)8-12(14)16/h10-12,16H,5-9H2,1-4H3. The van der Waals surface area contributed by atoms with E-state index in [1.807, 2.05) is 0 Å². The van der Waals surface area contributed by atoms with Gasteiger partial charge < -0.3 is 18.9 Å². The Kier molecular flexibility index (Phi) is 7.34. The van der Waals surface area contributed by atoms with Gasteiger partial charge in [0.05, 0.1) is 25.9 Å². The van der Waals surface area contributed by atoms with Crippen LogP contribution in [0.2, 0.25) is 0 Å². The number of aliphatic hydroxyl groups is 1. The summed E-state index contributed by atoms with van der Waals surface area (Å²) in [6, 6.07) is -1.16. The van der Waals surface area contributed by atoms with Crippen LogP contribution in [0.5, 0.6) is 0 Å². The van der Waals surface area contributed by atoms with Crippen molar-refractivity contribution in [1.82, 2.24) is 0 Å². The molecule has 4 atom stereocenters. The summed E-state index contributed by atoms with van der Waals surface area (Å²) in [5.41, 5.74) is 0. The molecule has 0 saturated heterocycles. The summed E-state index contributed by atoms with van der Waals surface area (Å²) < 4.78 is 28.9. The van der Waals surface area contributed by atoms with Crippen molar-refractivity contribution in [3.05, 3.63) is 10.1 Å². The van der Waals surface area contributed by atoms with Crippen LogP contribution < -0.4 is 0 Å². The Balaban J connectivity index is 3.49. The fourth-order valence-corrected chi connectivity index (χ4v) is 5.52. The van der Waals surface area contributed by atoms with E-state index in [4.69, 9.17) is 13.8 Å². The number of carbonyl (C=O) groups is 1. The molecule has 1 fully saturated rings. The van der Waals surface area contributed by atoms with Gasteiger partial charge in [-0.1, -0.05) is 6.92 Å². The average molecular weight is 367 g/mol. The minimum absolute atomic E-state index is 0.0236. The van der Waals surface area contributed by atoms with E-state index >= 15 is 0 Å². The largest absolute Gasteiger partial charge is 0.465 e. The molecule has 1 aliphatic rings. The van der Waals surface area contributed by atoms with Crippen molar-refractivity contribution in [1.29, 1.82) is 0 Å². The number of nitrogens with zero attached hydrogens (tertiary/aromatic N) is 1. The Hall–Kier alpha value is -1.02. The quantitative estimate of drug-likeness (QED) is 0.299. The lowest BCUT2D eigenvalue weighted by atomic mass is 9.76. The minimum Gasteiger partial charge on any atom is -0.465 e. The van der Waals surface area contributed by atoms with Crippen LogP contribution in [0.3, 0.4) is 0 Å². The zero-order valence-corrected chi connectivity index (χ0v) is 15.4. The van der Waals surface area contributed by atoms with Crippen molar-refractivity contribution in [3.63, 3.8) is 0 Å². The fourth-order valence-electron chi connectivity index (χ4n) is 3.13. The number of hydrogen-bond acceptors (Lipinski definition) is 8. The third-order valence-electron chi connectivity index (χ3n) is 4.31. The maximum Gasteiger partial charge on any atom is 0.350 e. The first-order chi connectivity index (χ1) is 11.2. The zero-order valence-electron chi connectivity index (χ0n) is 14.5. The van der Waals surface area contributed by atoms with Crippen LogP contribution in [0.15, 0.2) is 0 Å². The third kappa shape index (κ3) is 3.64. The Labute approximate surface area is 141 Å². The number of carbonyl (C=O) groups excluding carboxylic acids is 1. The zero-order chi connectivity index (χ0) is 18.5. The third-order valence-corrected chi connectivity index (χ3v) is 7.15. The van der Waals surface area contributed by atoms with Crippen molar-refractivity contribution >= 4 is 13.6 Å². The molecule has 0 spiro atoms. The first-order valence-electron chi connectivity index (χ1n) is 8.08. The molecule has 1 rings (SSSR count). The van der Waals surface area contributed by atoms with E-state index in [2.05, 4.69) is 0 Å². The maximum absolute atomic E-state index is 13.4. The van der Waals surface area contributed by atoms with Crippen molar-refractivity contribution < 1.29 is 33.2 Å². The van der Waals surface area contributed by atoms with Crippen LogP contribution in [0.25, 0.3) is 0 Å². The SMILES string of the molecule is CCOC(=O)C1(P(=O)(OCC)OCC)CC([N+](=O)[O-])C(C)CC1O. The van der Waals surface area contributed by atoms with Gasteiger partial charge in [-0.2, -0.15) is 0 Å². The summed E-state index contributed by atoms with van der Waals surface area (Å²) in [5.74, 6) is -1.48. The molecule has 0 bridgehead atoms. The second-order valence-electron chi connectivity index (χ2n) is 5.76. The van der Waals surface area contributed by atoms with Gasteiger partial charge in [-0.25, -0.2) is 0 Å². The monoisotopic (exact) mass is 367 g/mol. The van der Waals surface area contributed by atoms with Crippen LogP contribution >= 0.6 is 7.60 Å². The highest BCUT2D eigenvalue weighted by Crippen LogP contribution is 2.66. The van der Waals surface area contributed by atoms with Gasteiger partial charge in [0.2, 0.25) is 11.2 Å². The van der Waals surface area contributed by atoms with Crippen LogP contribution in [0, 0.1) is 16.0 Å². The first-order valence-corrected chi connectivity index (χ1v) is 9.62. The van der Waals surface area contributed by atoms with Crippen molar-refractivity contribution in [2.24, 2.45) is 5.92 Å². The molecule has 4 unspecified atom stereocenters. The normalized spacial score (nSPS) is 30.8. The molecule has 1 saturated carbocycles. The predicted molar refractivity (Wildman–Crippen MR) is 85.4 cm³/mol. The molecule has 0 aliphatic heterocycles. The molecule has 1 N–H and O–H groups in total. The molecular formula is C14H26NO8P. The van der Waals surface area contributed by atoms with Gasteiger partial charge in [0.15, 0.2) is 0 Å². The average Bonchev–Trinajstić information content (AvgIpc) is 2.47. The van der Waals surface area contributed by atoms with Gasteiger partial charge in [-0.05, 0) is 27.2 Å². The Bertz CT molecular complexity index is 503. The van der Waals surface area contributed by atoms with Gasteiger partial charge >= 0.3 is 13.6 Å². The second-order valence-corrected chi connectivity index (χ2v) is 8.07. The number of esters is 1. The van der Waals surface area contributed by atoms with Crippen LogP contribution in [0.4, 0.5) is 0 Å². The summed E-state index contributed by atoms with van der Waals surface area (Å²) >= 11 is 0. The number of aliphatic hydroxyl groups excluding tert-OH is 1. The highest BCUT2D eigenvalue weighted by Gasteiger charge is 2.67. The predicted octanol–water partition coefficient (Wildman–Crippen LogP) is 1.99. The van der Waals surface area contributed by atoms with E-state index in [9.17, 15) is 24.6 Å². The summed E-state index contributed by atoms with van der Waals surface area (Å²) in [5, 5.41) is 19.9. The molecule has 0 amide bonds. The smallest absolute Gasteiger partial charge is 0.350 e. The number of ether oxygens (including phenoxy) is 1. The Morgan fingerprint density at radius 3 is 2.25 bits per heavy atom. The van der Waals surface area contributed by atoms with Crippen molar-refractivity contribution in [2.75, 3.05) is 19.8 Å². The molecule has 24 heavy (non-hydrogen) atoms. The maximum atomic E-state index is 13.4. The second kappa shape index (κ2) is 8.38. The molecule has 0 aromatic heterocycles. The summed E-state index contributed by atoms with van der Waals surface area (Å²) in [6.45, 7) is 6.19. The number of nitro groups is 1. The van der Waals surface area contributed by atoms with Crippen LogP contribution in [-0.2, 0) is 23.1 Å². The highest BCUT2D eigenvalue weighted by atomic mass is 31.2. The summed E-state index contributed by atoms with van der Waals surface area (Å²) in [7, 11) is -4.20. The molecule has 0 radical (unpaired) electrons. The molecule has 10 heteroatoms. The van der Waals surface area contributed by atoms with E-state index < -0.39 is 48.1 Å². The lowest BCUT2D eigenvalue weighted by Crippen LogP contribution is -2.59. The van der Waals surface area contributed by atoms with Gasteiger partial charge in [0, 0.05) is 17.3 Å². The van der Waals surface area contributed by atoms with Crippen molar-refractivity contribution in [3.8, 4) is 0 Å². The lowest BCUT2D eigenvalue weighted by molar-refractivity contribution is -0.536. The topological polar surface area (TPSA) is 125 Å². The Morgan fingerprint density at radius 2 is 1.83 bits per heavy atom. The lowest BCUT2D eigenvalue weighted by Gasteiger charge is -2.44. The highest BCUT2D eigenvalue weighted by molar-refractivity contribution is 7.57. The minimum atomic E-state index is -4.20. The van der Waals surface area contributed by atoms with Crippen molar-refractivity contribution in [2.45, 2.75) is 57.8 Å². The number of hydrogen-bond donors (Lipinski definition) is 1. The molecule has 140 valence electrons. The molecule has 1 aliphatic carbocycles. The fraction of sp³-hybridized carbons (Fsp3) is 0.929. The molecule has 0 aromatic rings. The van der Waals surface area contributed by atoms with E-state index in [0.29, 0.717) is 0 Å². The Morgan fingerprint density at radius 1 is 1.29 bits per heavy atom. The first kappa shape index (κ1) is 21.0. The van der Waals surface area contributed by atoms with E-state index in [0.717, 1.165) is 0 Å².